The van der Waals surface area contributed by atoms with Crippen LogP contribution in [0.15, 0.2) is 71.6 Å². The van der Waals surface area contributed by atoms with Crippen LogP contribution in [0.1, 0.15) is 18.1 Å². The summed E-state index contributed by atoms with van der Waals surface area (Å²) in [6.07, 6.45) is 1.69. The van der Waals surface area contributed by atoms with Crippen LogP contribution >= 0.6 is 11.8 Å². The summed E-state index contributed by atoms with van der Waals surface area (Å²) in [5.41, 5.74) is 2.22. The van der Waals surface area contributed by atoms with Gasteiger partial charge in [-0.15, -0.1) is 0 Å². The summed E-state index contributed by atoms with van der Waals surface area (Å²) in [7, 11) is 0. The predicted octanol–water partition coefficient (Wildman–Crippen LogP) is 5.63. The summed E-state index contributed by atoms with van der Waals surface area (Å²) in [5, 5.41) is -0.323. The first-order valence-electron chi connectivity index (χ1n) is 10.7. The third kappa shape index (κ3) is 4.45. The predicted molar refractivity (Wildman–Crippen MR) is 129 cm³/mol. The molecule has 0 radical (unpaired) electrons. The number of anilines is 1. The highest BCUT2D eigenvalue weighted by molar-refractivity contribution is 8.19. The minimum absolute atomic E-state index is 0.223. The van der Waals surface area contributed by atoms with Gasteiger partial charge < -0.3 is 18.9 Å². The molecule has 34 heavy (non-hydrogen) atoms. The number of nitrogens with zero attached hydrogens (tertiary/aromatic N) is 1. The average Bonchev–Trinajstić information content (AvgIpc) is 3.42. The first-order valence-corrected chi connectivity index (χ1v) is 11.5. The van der Waals surface area contributed by atoms with Crippen molar-refractivity contribution >= 4 is 34.7 Å². The van der Waals surface area contributed by atoms with Crippen LogP contribution in [0.5, 0.6) is 23.0 Å². The van der Waals surface area contributed by atoms with E-state index in [1.165, 1.54) is 4.90 Å². The molecule has 172 valence electrons. The van der Waals surface area contributed by atoms with E-state index in [1.807, 2.05) is 37.3 Å². The van der Waals surface area contributed by atoms with Crippen LogP contribution in [-0.2, 0) is 11.4 Å². The molecule has 3 aromatic carbocycles. The molecule has 2 aliphatic heterocycles. The molecular formula is C26H21NO6S. The van der Waals surface area contributed by atoms with E-state index in [0.717, 1.165) is 28.6 Å². The molecule has 0 atom stereocenters. The molecule has 8 heteroatoms. The molecule has 3 aromatic rings. The van der Waals surface area contributed by atoms with Crippen molar-refractivity contribution in [2.24, 2.45) is 0 Å². The van der Waals surface area contributed by atoms with Crippen molar-refractivity contribution in [1.82, 2.24) is 0 Å². The topological polar surface area (TPSA) is 74.3 Å². The number of rotatable bonds is 7. The fraction of sp³-hybridized carbons (Fsp3) is 0.154. The highest BCUT2D eigenvalue weighted by atomic mass is 32.2. The van der Waals surface area contributed by atoms with Crippen molar-refractivity contribution in [2.45, 2.75) is 13.5 Å². The van der Waals surface area contributed by atoms with E-state index in [4.69, 9.17) is 18.9 Å². The lowest BCUT2D eigenvalue weighted by Crippen LogP contribution is -2.27. The van der Waals surface area contributed by atoms with E-state index in [9.17, 15) is 9.59 Å². The number of ether oxygens (including phenoxy) is 4. The first kappa shape index (κ1) is 21.9. The summed E-state index contributed by atoms with van der Waals surface area (Å²) in [5.74, 6) is 2.21. The number of hydrogen-bond donors (Lipinski definition) is 0. The molecule has 0 aromatic heterocycles. The maximum Gasteiger partial charge on any atom is 0.298 e. The zero-order valence-corrected chi connectivity index (χ0v) is 19.2. The van der Waals surface area contributed by atoms with E-state index < -0.39 is 0 Å². The van der Waals surface area contributed by atoms with Crippen molar-refractivity contribution in [3.8, 4) is 23.0 Å². The molecule has 0 aliphatic carbocycles. The number of amides is 2. The quantitative estimate of drug-likeness (QED) is 0.410. The Morgan fingerprint density at radius 3 is 2.59 bits per heavy atom. The van der Waals surface area contributed by atoms with Gasteiger partial charge in [0.25, 0.3) is 11.1 Å². The Morgan fingerprint density at radius 1 is 0.941 bits per heavy atom. The number of fused-ring (bicyclic) bond motifs is 1. The van der Waals surface area contributed by atoms with E-state index >= 15 is 0 Å². The number of imide groups is 1. The van der Waals surface area contributed by atoms with Gasteiger partial charge in [-0.3, -0.25) is 9.59 Å². The standard InChI is InChI=1S/C26H21NO6S/c1-2-30-22-12-17(14-24-25(28)27(26(29)34-24)19-6-4-3-5-7-19)8-10-20(22)31-15-18-9-11-21-23(13-18)33-16-32-21/h3-14H,2,15-16H2,1H3/b24-14-. The van der Waals surface area contributed by atoms with Crippen LogP contribution in [0.25, 0.3) is 6.08 Å². The molecule has 5 rings (SSSR count). The summed E-state index contributed by atoms with van der Waals surface area (Å²) < 4.78 is 22.5. The highest BCUT2D eigenvalue weighted by Gasteiger charge is 2.36. The van der Waals surface area contributed by atoms with Gasteiger partial charge >= 0.3 is 0 Å². The normalized spacial score (nSPS) is 15.8. The maximum absolute atomic E-state index is 12.9. The van der Waals surface area contributed by atoms with Crippen molar-refractivity contribution in [2.75, 3.05) is 18.3 Å². The van der Waals surface area contributed by atoms with Gasteiger partial charge in [-0.2, -0.15) is 0 Å². The molecular weight excluding hydrogens is 454 g/mol. The van der Waals surface area contributed by atoms with Crippen molar-refractivity contribution in [3.63, 3.8) is 0 Å². The Kier molecular flexibility index (Phi) is 6.14. The van der Waals surface area contributed by atoms with Crippen LogP contribution in [-0.4, -0.2) is 24.5 Å². The average molecular weight is 476 g/mol. The third-order valence-electron chi connectivity index (χ3n) is 5.20. The molecule has 2 amide bonds. The molecule has 7 nitrogen and oxygen atoms in total. The molecule has 0 saturated carbocycles. The highest BCUT2D eigenvalue weighted by Crippen LogP contribution is 2.37. The number of thioether (sulfide) groups is 1. The molecule has 0 unspecified atom stereocenters. The zero-order valence-electron chi connectivity index (χ0n) is 18.4. The fourth-order valence-electron chi connectivity index (χ4n) is 3.61. The van der Waals surface area contributed by atoms with Gasteiger partial charge in [0.2, 0.25) is 6.79 Å². The minimum Gasteiger partial charge on any atom is -0.490 e. The molecule has 2 heterocycles. The maximum atomic E-state index is 12.9. The summed E-state index contributed by atoms with van der Waals surface area (Å²) in [6, 6.07) is 20.0. The van der Waals surface area contributed by atoms with Crippen LogP contribution in [0.4, 0.5) is 10.5 Å². The Morgan fingerprint density at radius 2 is 1.76 bits per heavy atom. The second-order valence-electron chi connectivity index (χ2n) is 7.47. The van der Waals surface area contributed by atoms with Gasteiger partial charge in [-0.1, -0.05) is 30.3 Å². The summed E-state index contributed by atoms with van der Waals surface area (Å²) in [6.45, 7) is 2.89. The zero-order chi connectivity index (χ0) is 23.5. The number of carbonyl (C=O) groups excluding carboxylic acids is 2. The number of benzene rings is 3. The van der Waals surface area contributed by atoms with Gasteiger partial charge in [-0.05, 0) is 72.3 Å². The second kappa shape index (κ2) is 9.52. The lowest BCUT2D eigenvalue weighted by atomic mass is 10.1. The second-order valence-corrected chi connectivity index (χ2v) is 8.46. The van der Waals surface area contributed by atoms with Crippen LogP contribution in [0.3, 0.4) is 0 Å². The van der Waals surface area contributed by atoms with Gasteiger partial charge in [0.15, 0.2) is 23.0 Å². The number of hydrogen-bond acceptors (Lipinski definition) is 7. The molecule has 0 N–H and O–H groups in total. The SMILES string of the molecule is CCOc1cc(/C=C2\SC(=O)N(c3ccccc3)C2=O)ccc1OCc1ccc2c(c1)OCO2. The van der Waals surface area contributed by atoms with E-state index in [-0.39, 0.29) is 17.9 Å². The smallest absolute Gasteiger partial charge is 0.298 e. The van der Waals surface area contributed by atoms with E-state index in [1.54, 1.807) is 42.5 Å². The summed E-state index contributed by atoms with van der Waals surface area (Å²) in [4.78, 5) is 26.9. The first-order chi connectivity index (χ1) is 16.6. The Labute approximate surface area is 200 Å². The van der Waals surface area contributed by atoms with Gasteiger partial charge in [0.1, 0.15) is 6.61 Å². The lowest BCUT2D eigenvalue weighted by Gasteiger charge is -2.13. The van der Waals surface area contributed by atoms with Crippen molar-refractivity contribution < 1.29 is 28.5 Å². The molecule has 1 fully saturated rings. The Balaban J connectivity index is 1.34. The van der Waals surface area contributed by atoms with Gasteiger partial charge in [0.05, 0.1) is 17.2 Å². The summed E-state index contributed by atoms with van der Waals surface area (Å²) >= 11 is 0.917. The third-order valence-corrected chi connectivity index (χ3v) is 6.07. The van der Waals surface area contributed by atoms with Gasteiger partial charge in [0, 0.05) is 0 Å². The molecule has 0 bridgehead atoms. The molecule has 2 aliphatic rings. The Bertz CT molecular complexity index is 1270. The number of carbonyl (C=O) groups is 2. The van der Waals surface area contributed by atoms with Crippen molar-refractivity contribution in [3.05, 3.63) is 82.8 Å². The molecule has 1 saturated heterocycles. The van der Waals surface area contributed by atoms with Crippen LogP contribution in [0.2, 0.25) is 0 Å². The number of para-hydroxylation sites is 1. The van der Waals surface area contributed by atoms with Gasteiger partial charge in [-0.25, -0.2) is 4.90 Å². The van der Waals surface area contributed by atoms with E-state index in [2.05, 4.69) is 0 Å². The monoisotopic (exact) mass is 475 g/mol. The lowest BCUT2D eigenvalue weighted by molar-refractivity contribution is -0.113. The molecule has 0 spiro atoms. The van der Waals surface area contributed by atoms with Crippen LogP contribution in [0, 0.1) is 0 Å². The van der Waals surface area contributed by atoms with Crippen molar-refractivity contribution in [1.29, 1.82) is 0 Å². The largest absolute Gasteiger partial charge is 0.490 e. The Hall–Kier alpha value is -3.91. The minimum atomic E-state index is -0.345. The van der Waals surface area contributed by atoms with Crippen LogP contribution < -0.4 is 23.8 Å². The van der Waals surface area contributed by atoms with E-state index in [0.29, 0.717) is 41.1 Å². The fourth-order valence-corrected chi connectivity index (χ4v) is 4.45.